The highest BCUT2D eigenvalue weighted by atomic mass is 127. The maximum Gasteiger partial charge on any atom is 0.0523 e. The van der Waals surface area contributed by atoms with Crippen LogP contribution in [0.1, 0.15) is 30.9 Å². The Morgan fingerprint density at radius 2 is 1.93 bits per heavy atom. The van der Waals surface area contributed by atoms with Gasteiger partial charge in [0.25, 0.3) is 0 Å². The average Bonchev–Trinajstić information content (AvgIpc) is 2.08. The van der Waals surface area contributed by atoms with Crippen molar-refractivity contribution in [1.29, 1.82) is 0 Å². The molecule has 0 aromatic heterocycles. The van der Waals surface area contributed by atoms with Gasteiger partial charge in [-0.1, -0.05) is 13.8 Å². The van der Waals surface area contributed by atoms with Crippen LogP contribution in [-0.2, 0) is 0 Å². The maximum absolute atomic E-state index is 5.45. The summed E-state index contributed by atoms with van der Waals surface area (Å²) in [6.45, 7) is 6.50. The summed E-state index contributed by atoms with van der Waals surface area (Å²) in [5.41, 5.74) is 6.42. The van der Waals surface area contributed by atoms with Gasteiger partial charge in [0.1, 0.15) is 0 Å². The predicted octanol–water partition coefficient (Wildman–Crippen LogP) is 3.43. The van der Waals surface area contributed by atoms with Crippen LogP contribution < -0.4 is 11.3 Å². The fraction of sp³-hybridized carbons (Fsp3) is 0.400. The molecule has 0 aliphatic rings. The topological polar surface area (TPSA) is 38.0 Å². The first-order valence-corrected chi connectivity index (χ1v) is 5.41. The van der Waals surface area contributed by atoms with Crippen LogP contribution in [0.5, 0.6) is 0 Å². The van der Waals surface area contributed by atoms with E-state index in [9.17, 15) is 0 Å². The largest absolute Gasteiger partial charge is 0.324 e. The molecule has 0 radical (unpaired) electrons. The molecule has 0 fully saturated rings. The predicted molar refractivity (Wildman–Crippen MR) is 73.0 cm³/mol. The van der Waals surface area contributed by atoms with Crippen LogP contribution in [-0.4, -0.2) is 0 Å². The summed E-state index contributed by atoms with van der Waals surface area (Å²) in [5.74, 6) is 5.96. The van der Waals surface area contributed by atoms with Gasteiger partial charge in [-0.05, 0) is 58.7 Å². The quantitative estimate of drug-likeness (QED) is 0.496. The number of anilines is 1. The summed E-state index contributed by atoms with van der Waals surface area (Å²) in [6.07, 6.45) is 0. The molecular formula is C10H16ClIN2. The molecule has 0 spiro atoms. The average molecular weight is 327 g/mol. The van der Waals surface area contributed by atoms with E-state index in [0.717, 1.165) is 5.69 Å². The second-order valence-corrected chi connectivity index (χ2v) is 4.59. The molecule has 0 atom stereocenters. The zero-order valence-corrected chi connectivity index (χ0v) is 11.6. The summed E-state index contributed by atoms with van der Waals surface area (Å²) in [4.78, 5) is 0. The first kappa shape index (κ1) is 14.0. The van der Waals surface area contributed by atoms with Crippen molar-refractivity contribution in [2.24, 2.45) is 5.84 Å². The minimum Gasteiger partial charge on any atom is -0.324 e. The van der Waals surface area contributed by atoms with Crippen LogP contribution in [0.2, 0.25) is 0 Å². The van der Waals surface area contributed by atoms with E-state index in [4.69, 9.17) is 5.84 Å². The standard InChI is InChI=1S/C10H15IN2.ClH/c1-6(2)10-7(3)8(11)4-5-9(10)13-12;/h4-6,13H,12H2,1-3H3;1H. The highest BCUT2D eigenvalue weighted by Gasteiger charge is 2.10. The number of halogens is 2. The number of nitrogen functional groups attached to an aromatic ring is 1. The molecule has 0 aliphatic heterocycles. The number of hydrogen-bond acceptors (Lipinski definition) is 2. The Hall–Kier alpha value is -0.0000000000000000555. The Labute approximate surface area is 105 Å². The smallest absolute Gasteiger partial charge is 0.0523 e. The van der Waals surface area contributed by atoms with E-state index in [-0.39, 0.29) is 12.4 Å². The van der Waals surface area contributed by atoms with Crippen molar-refractivity contribution in [3.8, 4) is 0 Å². The van der Waals surface area contributed by atoms with Crippen LogP contribution in [0, 0.1) is 10.5 Å². The van der Waals surface area contributed by atoms with E-state index in [0.29, 0.717) is 5.92 Å². The van der Waals surface area contributed by atoms with Crippen molar-refractivity contribution in [2.45, 2.75) is 26.7 Å². The van der Waals surface area contributed by atoms with E-state index >= 15 is 0 Å². The van der Waals surface area contributed by atoms with Gasteiger partial charge >= 0.3 is 0 Å². The molecule has 0 aliphatic carbocycles. The Bertz CT molecular complexity index is 313. The number of benzene rings is 1. The molecule has 1 aromatic rings. The molecule has 2 nitrogen and oxygen atoms in total. The summed E-state index contributed by atoms with van der Waals surface area (Å²) >= 11 is 2.35. The minimum absolute atomic E-state index is 0. The first-order valence-electron chi connectivity index (χ1n) is 4.33. The van der Waals surface area contributed by atoms with Gasteiger partial charge < -0.3 is 5.43 Å². The molecule has 0 unspecified atom stereocenters. The molecular weight excluding hydrogens is 310 g/mol. The van der Waals surface area contributed by atoms with E-state index in [1.165, 1.54) is 14.7 Å². The molecule has 80 valence electrons. The van der Waals surface area contributed by atoms with E-state index in [1.807, 2.05) is 6.07 Å². The third kappa shape index (κ3) is 2.74. The molecule has 14 heavy (non-hydrogen) atoms. The molecule has 4 heteroatoms. The first-order chi connectivity index (χ1) is 6.07. The van der Waals surface area contributed by atoms with Crippen molar-refractivity contribution in [3.63, 3.8) is 0 Å². The molecule has 0 saturated carbocycles. The van der Waals surface area contributed by atoms with E-state index in [2.05, 4.69) is 54.9 Å². The zero-order chi connectivity index (χ0) is 10.0. The van der Waals surface area contributed by atoms with Gasteiger partial charge in [0.15, 0.2) is 0 Å². The molecule has 1 aromatic carbocycles. The molecule has 0 saturated heterocycles. The summed E-state index contributed by atoms with van der Waals surface area (Å²) < 4.78 is 1.29. The highest BCUT2D eigenvalue weighted by Crippen LogP contribution is 2.29. The lowest BCUT2D eigenvalue weighted by Crippen LogP contribution is -2.11. The minimum atomic E-state index is 0. The van der Waals surface area contributed by atoms with Crippen molar-refractivity contribution >= 4 is 40.7 Å². The Morgan fingerprint density at radius 3 is 2.36 bits per heavy atom. The lowest BCUT2D eigenvalue weighted by Gasteiger charge is -2.16. The van der Waals surface area contributed by atoms with Crippen LogP contribution >= 0.6 is 35.0 Å². The maximum atomic E-state index is 5.45. The Kier molecular flexibility index (Phi) is 5.78. The summed E-state index contributed by atoms with van der Waals surface area (Å²) in [5, 5.41) is 0. The van der Waals surface area contributed by atoms with Crippen molar-refractivity contribution < 1.29 is 0 Å². The van der Waals surface area contributed by atoms with Crippen LogP contribution in [0.25, 0.3) is 0 Å². The summed E-state index contributed by atoms with van der Waals surface area (Å²) in [6, 6.07) is 4.11. The fourth-order valence-corrected chi connectivity index (χ4v) is 2.04. The number of hydrogen-bond donors (Lipinski definition) is 2. The molecule has 0 amide bonds. The highest BCUT2D eigenvalue weighted by molar-refractivity contribution is 14.1. The second-order valence-electron chi connectivity index (χ2n) is 3.43. The molecule has 3 N–H and O–H groups in total. The van der Waals surface area contributed by atoms with Gasteiger partial charge in [0.05, 0.1) is 5.69 Å². The fourth-order valence-electron chi connectivity index (χ4n) is 1.57. The van der Waals surface area contributed by atoms with Gasteiger partial charge in [-0.15, -0.1) is 12.4 Å². The van der Waals surface area contributed by atoms with Crippen LogP contribution in [0.3, 0.4) is 0 Å². The zero-order valence-electron chi connectivity index (χ0n) is 8.60. The van der Waals surface area contributed by atoms with E-state index < -0.39 is 0 Å². The van der Waals surface area contributed by atoms with Gasteiger partial charge in [-0.2, -0.15) is 0 Å². The summed E-state index contributed by atoms with van der Waals surface area (Å²) in [7, 11) is 0. The normalized spacial score (nSPS) is 9.86. The van der Waals surface area contributed by atoms with Crippen molar-refractivity contribution in [1.82, 2.24) is 0 Å². The Balaban J connectivity index is 0.00000169. The monoisotopic (exact) mass is 326 g/mol. The Morgan fingerprint density at radius 1 is 1.36 bits per heavy atom. The number of nitrogens with one attached hydrogen (secondary N) is 1. The van der Waals surface area contributed by atoms with Crippen LogP contribution in [0.15, 0.2) is 12.1 Å². The van der Waals surface area contributed by atoms with Gasteiger partial charge in [-0.25, -0.2) is 0 Å². The van der Waals surface area contributed by atoms with Crippen LogP contribution in [0.4, 0.5) is 5.69 Å². The lowest BCUT2D eigenvalue weighted by molar-refractivity contribution is 0.855. The molecule has 0 heterocycles. The van der Waals surface area contributed by atoms with Gasteiger partial charge in [0.2, 0.25) is 0 Å². The second kappa shape index (κ2) is 5.78. The molecule has 1 rings (SSSR count). The number of nitrogens with two attached hydrogens (primary N) is 1. The van der Waals surface area contributed by atoms with Crippen molar-refractivity contribution in [2.75, 3.05) is 5.43 Å². The number of hydrazine groups is 1. The third-order valence-corrected chi connectivity index (χ3v) is 3.35. The van der Waals surface area contributed by atoms with E-state index in [1.54, 1.807) is 0 Å². The number of rotatable bonds is 2. The SMILES string of the molecule is Cc1c(I)ccc(NN)c1C(C)C.Cl. The third-order valence-electron chi connectivity index (χ3n) is 2.18. The van der Waals surface area contributed by atoms with Gasteiger partial charge in [-0.3, -0.25) is 5.84 Å². The van der Waals surface area contributed by atoms with Crippen molar-refractivity contribution in [3.05, 3.63) is 26.8 Å². The lowest BCUT2D eigenvalue weighted by atomic mass is 9.96. The van der Waals surface area contributed by atoms with Gasteiger partial charge in [0, 0.05) is 3.57 Å². The molecule has 0 bridgehead atoms.